The second-order valence-corrected chi connectivity index (χ2v) is 5.30. The van der Waals surface area contributed by atoms with Crippen molar-refractivity contribution in [2.24, 2.45) is 0 Å². The Labute approximate surface area is 146 Å². The molecule has 128 valence electrons. The van der Waals surface area contributed by atoms with Crippen LogP contribution in [-0.2, 0) is 16.1 Å². The molecule has 1 aliphatic rings. The topological polar surface area (TPSA) is 26.3 Å². The third-order valence-electron chi connectivity index (χ3n) is 3.60. The maximum Gasteiger partial charge on any atom is 0.155 e. The van der Waals surface area contributed by atoms with E-state index in [0.717, 1.165) is 6.42 Å². The maximum absolute atomic E-state index is 11.0. The number of benzene rings is 2. The van der Waals surface area contributed by atoms with Crippen molar-refractivity contribution in [3.63, 3.8) is 0 Å². The summed E-state index contributed by atoms with van der Waals surface area (Å²) in [6.45, 7) is 4.71. The fraction of sp³-hybridized carbons (Fsp3) is 0.318. The van der Waals surface area contributed by atoms with E-state index in [1.54, 1.807) is 13.2 Å². The molecule has 0 heterocycles. The van der Waals surface area contributed by atoms with Crippen LogP contribution in [0.5, 0.6) is 0 Å². The molecule has 1 aliphatic carbocycles. The van der Waals surface area contributed by atoms with Gasteiger partial charge >= 0.3 is 0 Å². The van der Waals surface area contributed by atoms with Gasteiger partial charge in [-0.2, -0.15) is 0 Å². The molecule has 0 amide bonds. The summed E-state index contributed by atoms with van der Waals surface area (Å²) in [4.78, 5) is 11.0. The van der Waals surface area contributed by atoms with E-state index in [1.807, 2.05) is 68.5 Å². The van der Waals surface area contributed by atoms with Gasteiger partial charge in [0.25, 0.3) is 0 Å². The van der Waals surface area contributed by atoms with Gasteiger partial charge < -0.3 is 4.74 Å². The largest absolute Gasteiger partial charge is 0.380 e. The van der Waals surface area contributed by atoms with Crippen LogP contribution in [-0.4, -0.2) is 12.9 Å². The fourth-order valence-corrected chi connectivity index (χ4v) is 2.42. The SMILES string of the molecule is CC.COCc1ccccc1.O=C1C=CC(c2ccccc2)CC1. The molecule has 0 spiro atoms. The number of hydrogen-bond acceptors (Lipinski definition) is 2. The van der Waals surface area contributed by atoms with E-state index in [1.165, 1.54) is 11.1 Å². The van der Waals surface area contributed by atoms with Gasteiger partial charge in [0.2, 0.25) is 0 Å². The molecule has 0 saturated heterocycles. The lowest BCUT2D eigenvalue weighted by Gasteiger charge is -2.15. The molecule has 0 aromatic heterocycles. The van der Waals surface area contributed by atoms with Crippen LogP contribution < -0.4 is 0 Å². The molecule has 3 rings (SSSR count). The number of allylic oxidation sites excluding steroid dienone is 2. The highest BCUT2D eigenvalue weighted by Crippen LogP contribution is 2.25. The first kappa shape index (κ1) is 19.9. The molecule has 1 atom stereocenters. The van der Waals surface area contributed by atoms with Crippen molar-refractivity contribution >= 4 is 5.78 Å². The van der Waals surface area contributed by atoms with Crippen LogP contribution in [0.25, 0.3) is 0 Å². The first-order valence-corrected chi connectivity index (χ1v) is 8.58. The first-order chi connectivity index (χ1) is 11.8. The lowest BCUT2D eigenvalue weighted by Crippen LogP contribution is -2.05. The van der Waals surface area contributed by atoms with Crippen molar-refractivity contribution in [1.82, 2.24) is 0 Å². The zero-order valence-corrected chi connectivity index (χ0v) is 14.9. The third-order valence-corrected chi connectivity index (χ3v) is 3.60. The van der Waals surface area contributed by atoms with Gasteiger partial charge in [0.15, 0.2) is 5.78 Å². The molecular weight excluding hydrogens is 296 g/mol. The van der Waals surface area contributed by atoms with E-state index in [-0.39, 0.29) is 5.78 Å². The monoisotopic (exact) mass is 324 g/mol. The van der Waals surface area contributed by atoms with Crippen molar-refractivity contribution in [2.45, 2.75) is 39.2 Å². The van der Waals surface area contributed by atoms with Crippen molar-refractivity contribution in [1.29, 1.82) is 0 Å². The molecule has 0 fully saturated rings. The molecule has 0 aliphatic heterocycles. The summed E-state index contributed by atoms with van der Waals surface area (Å²) >= 11 is 0. The van der Waals surface area contributed by atoms with Gasteiger partial charge in [-0.15, -0.1) is 0 Å². The standard InChI is InChI=1S/C12H12O.C8H10O.C2H6/c13-12-8-6-11(7-9-12)10-4-2-1-3-5-10;1-9-7-8-5-3-2-4-6-8;1-2/h1-6,8,11H,7,9H2;2-6H,7H2,1H3;1-2H3. The number of methoxy groups -OCH3 is 1. The van der Waals surface area contributed by atoms with Gasteiger partial charge in [-0.3, -0.25) is 4.79 Å². The highest BCUT2D eigenvalue weighted by atomic mass is 16.5. The summed E-state index contributed by atoms with van der Waals surface area (Å²) in [6, 6.07) is 20.4. The maximum atomic E-state index is 11.0. The van der Waals surface area contributed by atoms with Crippen LogP contribution in [0.1, 0.15) is 43.7 Å². The van der Waals surface area contributed by atoms with Crippen molar-refractivity contribution in [2.75, 3.05) is 7.11 Å². The number of ether oxygens (including phenoxy) is 1. The van der Waals surface area contributed by atoms with Gasteiger partial charge in [0.1, 0.15) is 0 Å². The normalized spacial score (nSPS) is 15.6. The number of rotatable bonds is 3. The van der Waals surface area contributed by atoms with Gasteiger partial charge in [0.05, 0.1) is 6.61 Å². The number of ketones is 1. The molecule has 0 radical (unpaired) electrons. The second-order valence-electron chi connectivity index (χ2n) is 5.30. The number of carbonyl (C=O) groups excluding carboxylic acids is 1. The van der Waals surface area contributed by atoms with Crippen LogP contribution in [0.3, 0.4) is 0 Å². The minimum absolute atomic E-state index is 0.257. The number of carbonyl (C=O) groups is 1. The van der Waals surface area contributed by atoms with Crippen molar-refractivity contribution in [3.8, 4) is 0 Å². The molecule has 24 heavy (non-hydrogen) atoms. The van der Waals surface area contributed by atoms with Gasteiger partial charge in [-0.05, 0) is 23.6 Å². The molecular formula is C22H28O2. The van der Waals surface area contributed by atoms with Crippen LogP contribution >= 0.6 is 0 Å². The molecule has 2 aromatic rings. The van der Waals surface area contributed by atoms with E-state index in [2.05, 4.69) is 12.1 Å². The molecule has 0 N–H and O–H groups in total. The van der Waals surface area contributed by atoms with Gasteiger partial charge in [-0.25, -0.2) is 0 Å². The molecule has 2 heteroatoms. The van der Waals surface area contributed by atoms with Gasteiger partial charge in [0, 0.05) is 19.4 Å². The summed E-state index contributed by atoms with van der Waals surface area (Å²) in [7, 11) is 1.70. The average Bonchev–Trinajstić information content (AvgIpc) is 2.66. The quantitative estimate of drug-likeness (QED) is 0.740. The fourth-order valence-electron chi connectivity index (χ4n) is 2.42. The minimum Gasteiger partial charge on any atom is -0.380 e. The zero-order chi connectivity index (χ0) is 17.6. The van der Waals surface area contributed by atoms with E-state index in [9.17, 15) is 4.79 Å². The van der Waals surface area contributed by atoms with Crippen molar-refractivity contribution < 1.29 is 9.53 Å². The van der Waals surface area contributed by atoms with Crippen LogP contribution in [0, 0.1) is 0 Å². The molecule has 1 unspecified atom stereocenters. The summed E-state index contributed by atoms with van der Waals surface area (Å²) in [5.41, 5.74) is 2.53. The van der Waals surface area contributed by atoms with E-state index < -0.39 is 0 Å². The smallest absolute Gasteiger partial charge is 0.155 e. The van der Waals surface area contributed by atoms with E-state index >= 15 is 0 Å². The van der Waals surface area contributed by atoms with Crippen molar-refractivity contribution in [3.05, 3.63) is 83.9 Å². The molecule has 2 nitrogen and oxygen atoms in total. The summed E-state index contributed by atoms with van der Waals surface area (Å²) < 4.78 is 4.93. The van der Waals surface area contributed by atoms with Crippen LogP contribution in [0.2, 0.25) is 0 Å². The highest BCUT2D eigenvalue weighted by Gasteiger charge is 2.13. The Balaban J connectivity index is 0.000000230. The Bertz CT molecular complexity index is 588. The molecule has 0 saturated carbocycles. The lowest BCUT2D eigenvalue weighted by atomic mass is 9.89. The van der Waals surface area contributed by atoms with E-state index in [0.29, 0.717) is 18.9 Å². The second kappa shape index (κ2) is 12.3. The highest BCUT2D eigenvalue weighted by molar-refractivity contribution is 5.90. The predicted molar refractivity (Wildman–Crippen MR) is 101 cm³/mol. The summed E-state index contributed by atoms with van der Waals surface area (Å²) in [5.74, 6) is 0.700. The minimum atomic E-state index is 0.257. The third kappa shape index (κ3) is 7.38. The summed E-state index contributed by atoms with van der Waals surface area (Å²) in [6.07, 6.45) is 5.37. The van der Waals surface area contributed by atoms with Gasteiger partial charge in [-0.1, -0.05) is 80.6 Å². The molecule has 0 bridgehead atoms. The van der Waals surface area contributed by atoms with E-state index in [4.69, 9.17) is 4.74 Å². The Morgan fingerprint density at radius 3 is 2.04 bits per heavy atom. The summed E-state index contributed by atoms with van der Waals surface area (Å²) in [5, 5.41) is 0. The van der Waals surface area contributed by atoms with Crippen LogP contribution in [0.4, 0.5) is 0 Å². The Morgan fingerprint density at radius 1 is 0.958 bits per heavy atom. The molecule has 2 aromatic carbocycles. The zero-order valence-electron chi connectivity index (χ0n) is 14.9. The Morgan fingerprint density at radius 2 is 1.54 bits per heavy atom. The first-order valence-electron chi connectivity index (χ1n) is 8.58. The van der Waals surface area contributed by atoms with Crippen LogP contribution in [0.15, 0.2) is 72.8 Å². The Kier molecular flexibility index (Phi) is 10.1. The number of hydrogen-bond donors (Lipinski definition) is 0. The average molecular weight is 324 g/mol. The Hall–Kier alpha value is -2.19. The lowest BCUT2D eigenvalue weighted by molar-refractivity contribution is -0.115. The predicted octanol–water partition coefficient (Wildman–Crippen LogP) is 5.55.